The van der Waals surface area contributed by atoms with E-state index in [9.17, 15) is 29.4 Å². The van der Waals surface area contributed by atoms with E-state index in [1.54, 1.807) is 26.8 Å². The van der Waals surface area contributed by atoms with Gasteiger partial charge in [-0.3, -0.25) is 14.4 Å². The summed E-state index contributed by atoms with van der Waals surface area (Å²) in [6.45, 7) is 7.21. The van der Waals surface area contributed by atoms with Gasteiger partial charge < -0.3 is 24.6 Å². The molecule has 1 aromatic carbocycles. The van der Waals surface area contributed by atoms with E-state index < -0.39 is 65.6 Å². The number of ketones is 2. The molecule has 4 rings (SSSR count). The topological polar surface area (TPSA) is 130 Å². The average molecular weight is 624 g/mol. The molecule has 1 aromatic rings. The van der Waals surface area contributed by atoms with Gasteiger partial charge in [-0.05, 0) is 69.1 Å². The van der Waals surface area contributed by atoms with Gasteiger partial charge in [0.15, 0.2) is 5.78 Å². The third-order valence-corrected chi connectivity index (χ3v) is 9.99. The third-order valence-electron chi connectivity index (χ3n) is 9.99. The molecule has 2 N–H and O–H groups in total. The number of piperidine rings is 1. The van der Waals surface area contributed by atoms with Crippen LogP contribution in [0.5, 0.6) is 0 Å². The van der Waals surface area contributed by atoms with E-state index >= 15 is 0 Å². The number of allylic oxidation sites excluding steroid dienone is 3. The lowest BCUT2D eigenvalue weighted by atomic mass is 9.80. The van der Waals surface area contributed by atoms with Gasteiger partial charge in [0.2, 0.25) is 5.79 Å². The van der Waals surface area contributed by atoms with Gasteiger partial charge in [-0.1, -0.05) is 70.2 Å². The molecular formula is C36H49NO8. The van der Waals surface area contributed by atoms with E-state index in [4.69, 9.17) is 9.47 Å². The van der Waals surface area contributed by atoms with E-state index in [-0.39, 0.29) is 18.2 Å². The molecule has 3 aliphatic rings. The first-order valence-electron chi connectivity index (χ1n) is 16.5. The average Bonchev–Trinajstić information content (AvgIpc) is 3.05. The molecule has 45 heavy (non-hydrogen) atoms. The summed E-state index contributed by atoms with van der Waals surface area (Å²) >= 11 is 0. The number of esters is 1. The maximum absolute atomic E-state index is 13.8. The number of carbonyl (C=O) groups excluding carboxylic acids is 4. The van der Waals surface area contributed by atoms with E-state index in [1.165, 1.54) is 11.0 Å². The van der Waals surface area contributed by atoms with Crippen molar-refractivity contribution in [3.63, 3.8) is 0 Å². The fourth-order valence-electron chi connectivity index (χ4n) is 6.75. The molecule has 0 aromatic heterocycles. The Bertz CT molecular complexity index is 1260. The van der Waals surface area contributed by atoms with Crippen LogP contribution in [0.25, 0.3) is 0 Å². The van der Waals surface area contributed by atoms with E-state index in [2.05, 4.69) is 0 Å². The van der Waals surface area contributed by atoms with Crippen molar-refractivity contribution in [1.82, 2.24) is 4.90 Å². The lowest BCUT2D eigenvalue weighted by Crippen LogP contribution is -2.61. The monoisotopic (exact) mass is 623 g/mol. The summed E-state index contributed by atoms with van der Waals surface area (Å²) < 4.78 is 12.1. The molecule has 9 heteroatoms. The van der Waals surface area contributed by atoms with Crippen molar-refractivity contribution >= 4 is 23.4 Å². The zero-order valence-corrected chi connectivity index (χ0v) is 27.0. The first-order chi connectivity index (χ1) is 21.5. The number of amides is 1. The highest BCUT2D eigenvalue weighted by Gasteiger charge is 2.54. The number of fused-ring (bicyclic) bond motifs is 3. The van der Waals surface area contributed by atoms with Crippen LogP contribution in [0.3, 0.4) is 0 Å². The second kappa shape index (κ2) is 15.4. The van der Waals surface area contributed by atoms with Crippen molar-refractivity contribution in [2.45, 2.75) is 109 Å². The van der Waals surface area contributed by atoms with Crippen LogP contribution in [0.15, 0.2) is 54.6 Å². The maximum atomic E-state index is 13.8. The van der Waals surface area contributed by atoms with Gasteiger partial charge in [-0.25, -0.2) is 4.79 Å². The number of benzene rings is 1. The minimum absolute atomic E-state index is 0.0625. The second-order valence-corrected chi connectivity index (χ2v) is 13.0. The van der Waals surface area contributed by atoms with Crippen LogP contribution in [0, 0.1) is 23.7 Å². The molecule has 9 nitrogen and oxygen atoms in total. The Balaban J connectivity index is 1.69. The minimum atomic E-state index is -2.43. The number of rotatable bonds is 4. The summed E-state index contributed by atoms with van der Waals surface area (Å²) in [4.78, 5) is 55.5. The highest BCUT2D eigenvalue weighted by atomic mass is 16.6. The second-order valence-electron chi connectivity index (χ2n) is 13.0. The first-order valence-corrected chi connectivity index (χ1v) is 16.5. The molecule has 0 radical (unpaired) electrons. The van der Waals surface area contributed by atoms with Gasteiger partial charge in [0, 0.05) is 30.2 Å². The summed E-state index contributed by atoms with van der Waals surface area (Å²) in [5.74, 6) is -7.50. The third kappa shape index (κ3) is 7.99. The van der Waals surface area contributed by atoms with E-state index in [0.29, 0.717) is 51.4 Å². The number of hydrogen-bond acceptors (Lipinski definition) is 8. The Morgan fingerprint density at radius 2 is 1.73 bits per heavy atom. The zero-order chi connectivity index (χ0) is 32.7. The lowest BCUT2D eigenvalue weighted by molar-refractivity contribution is -0.274. The van der Waals surface area contributed by atoms with Gasteiger partial charge >= 0.3 is 5.97 Å². The van der Waals surface area contributed by atoms with Gasteiger partial charge in [0.25, 0.3) is 11.7 Å². The zero-order valence-electron chi connectivity index (χ0n) is 27.0. The van der Waals surface area contributed by atoms with Crippen molar-refractivity contribution in [2.75, 3.05) is 6.54 Å². The Morgan fingerprint density at radius 3 is 2.44 bits per heavy atom. The van der Waals surface area contributed by atoms with Gasteiger partial charge in [-0.15, -0.1) is 0 Å². The predicted molar refractivity (Wildman–Crippen MR) is 169 cm³/mol. The maximum Gasteiger partial charge on any atom is 0.329 e. The molecule has 3 heterocycles. The summed E-state index contributed by atoms with van der Waals surface area (Å²) in [6.07, 6.45) is 8.62. The molecule has 9 atom stereocenters. The Kier molecular flexibility index (Phi) is 11.9. The smallest absolute Gasteiger partial charge is 0.329 e. The summed E-state index contributed by atoms with van der Waals surface area (Å²) in [5, 5.41) is 22.7. The van der Waals surface area contributed by atoms with Gasteiger partial charge in [0.05, 0.1) is 12.2 Å². The van der Waals surface area contributed by atoms with Crippen LogP contribution in [-0.2, 0) is 35.1 Å². The van der Waals surface area contributed by atoms with Crippen LogP contribution in [0.2, 0.25) is 0 Å². The van der Waals surface area contributed by atoms with E-state index in [1.807, 2.05) is 49.4 Å². The quantitative estimate of drug-likeness (QED) is 0.288. The molecule has 1 unspecified atom stereocenters. The number of nitrogens with zero attached hydrogens (tertiary/aromatic N) is 1. The van der Waals surface area contributed by atoms with Gasteiger partial charge in [0.1, 0.15) is 12.1 Å². The Morgan fingerprint density at radius 1 is 1.00 bits per heavy atom. The summed E-state index contributed by atoms with van der Waals surface area (Å²) in [6, 6.07) is 8.96. The number of aliphatic hydroxyl groups is 2. The normalized spacial score (nSPS) is 36.1. The van der Waals surface area contributed by atoms with Gasteiger partial charge in [-0.2, -0.15) is 0 Å². The largest absolute Gasteiger partial charge is 0.456 e. The van der Waals surface area contributed by atoms with Crippen molar-refractivity contribution < 1.29 is 38.9 Å². The molecule has 0 spiro atoms. The molecule has 2 fully saturated rings. The molecule has 1 amide bonds. The fraction of sp³-hybridized carbons (Fsp3) is 0.611. The number of cyclic esters (lactones) is 1. The number of aliphatic hydroxyl groups excluding tert-OH is 1. The summed E-state index contributed by atoms with van der Waals surface area (Å²) in [5.41, 5.74) is 1.10. The molecule has 3 aliphatic heterocycles. The summed E-state index contributed by atoms with van der Waals surface area (Å²) in [7, 11) is 0. The Hall–Kier alpha value is -3.14. The van der Waals surface area contributed by atoms with E-state index in [0.717, 1.165) is 5.56 Å². The van der Waals surface area contributed by atoms with Crippen LogP contribution < -0.4 is 0 Å². The van der Waals surface area contributed by atoms with Crippen LogP contribution in [0.1, 0.15) is 78.2 Å². The van der Waals surface area contributed by atoms with Crippen molar-refractivity contribution in [3.05, 3.63) is 60.2 Å². The van der Waals surface area contributed by atoms with Crippen LogP contribution >= 0.6 is 0 Å². The van der Waals surface area contributed by atoms with Crippen molar-refractivity contribution in [3.8, 4) is 0 Å². The standard InChI is InChI=1S/C36H49NO8/c1-5-27(22-26-14-8-6-9-15-26)31-18-11-7-10-17-29(38)24(3)32(39)25(4)30-20-19-23(2)36(43,45-30)33(40)34(41)37-21-13-12-16-28(37)35(42)44-31/h6,8-11,14-15,17-18,23-25,27-28,30-32,39,43H,5,7,12-13,16,19-22H2,1-4H3/b17-10+,18-11+/t23-,24-,25+,27?,28+,30+,31+,32+,36-/m1/s1. The molecule has 246 valence electrons. The lowest BCUT2D eigenvalue weighted by Gasteiger charge is -2.44. The number of hydrogen-bond donors (Lipinski definition) is 2. The number of Topliss-reactive ketones (excluding diaryl/α,β-unsaturated/α-hetero) is 1. The number of ether oxygens (including phenoxy) is 2. The highest BCUT2D eigenvalue weighted by molar-refractivity contribution is 6.39. The fourth-order valence-corrected chi connectivity index (χ4v) is 6.75. The van der Waals surface area contributed by atoms with Crippen LogP contribution in [0.4, 0.5) is 0 Å². The molecule has 0 saturated carbocycles. The number of carbonyl (C=O) groups is 4. The van der Waals surface area contributed by atoms with Crippen molar-refractivity contribution in [1.29, 1.82) is 0 Å². The van der Waals surface area contributed by atoms with Crippen LogP contribution in [-0.4, -0.2) is 75.2 Å². The van der Waals surface area contributed by atoms with Crippen molar-refractivity contribution in [2.24, 2.45) is 23.7 Å². The predicted octanol–water partition coefficient (Wildman–Crippen LogP) is 4.34. The Labute approximate surface area is 266 Å². The molecule has 0 aliphatic carbocycles. The first kappa shape index (κ1) is 34.7. The molecular weight excluding hydrogens is 574 g/mol. The highest BCUT2D eigenvalue weighted by Crippen LogP contribution is 2.38. The minimum Gasteiger partial charge on any atom is -0.456 e. The molecule has 2 bridgehead atoms. The SMILES string of the molecule is CCC(Cc1ccccc1)[C@@H]1/C=C/C/C=C/C(=O)[C@@H](C)[C@H](O)[C@@H](C)[C@@H]2CC[C@@H](C)[C@@](O)(O2)C(=O)C(=O)N2CCCC[C@H]2C(=O)O1. The molecule has 2 saturated heterocycles.